The number of nitrogens with one attached hydrogen (secondary N) is 1. The maximum Gasteiger partial charge on any atom is 0.433 e. The van der Waals surface area contributed by atoms with Gasteiger partial charge in [0, 0.05) is 35.9 Å². The van der Waals surface area contributed by atoms with Crippen molar-refractivity contribution in [1.82, 2.24) is 19.7 Å². The van der Waals surface area contributed by atoms with Crippen LogP contribution in [0.3, 0.4) is 0 Å². The second-order valence-electron chi connectivity index (χ2n) is 14.6. The van der Waals surface area contributed by atoms with E-state index in [1.54, 1.807) is 41.8 Å². The first-order valence-electron chi connectivity index (χ1n) is 16.2. The quantitative estimate of drug-likeness (QED) is 0.217. The molecule has 2 aliphatic rings. The number of carbonyl (C=O) groups excluding carboxylic acids is 2. The zero-order valence-corrected chi connectivity index (χ0v) is 28.1. The number of nitrogens with zero attached hydrogens (tertiary/aromatic N) is 4. The predicted molar refractivity (Wildman–Crippen MR) is 177 cm³/mol. The van der Waals surface area contributed by atoms with Gasteiger partial charge in [0.05, 0.1) is 22.9 Å². The average molecular weight is 680 g/mol. The minimum Gasteiger partial charge on any atom is -0.490 e. The van der Waals surface area contributed by atoms with Gasteiger partial charge in [-0.3, -0.25) is 4.79 Å². The molecule has 0 bridgehead atoms. The van der Waals surface area contributed by atoms with E-state index in [2.05, 4.69) is 15.4 Å². The molecule has 1 saturated heterocycles. The summed E-state index contributed by atoms with van der Waals surface area (Å²) in [5.74, 6) is -0.105. The minimum atomic E-state index is -4.70. The van der Waals surface area contributed by atoms with Gasteiger partial charge in [0.2, 0.25) is 0 Å². The predicted octanol–water partition coefficient (Wildman–Crippen LogP) is 7.48. The van der Waals surface area contributed by atoms with Gasteiger partial charge in [-0.25, -0.2) is 14.5 Å². The van der Waals surface area contributed by atoms with E-state index in [9.17, 15) is 27.9 Å². The van der Waals surface area contributed by atoms with Crippen molar-refractivity contribution in [3.8, 4) is 11.4 Å². The van der Waals surface area contributed by atoms with Gasteiger partial charge in [0.1, 0.15) is 22.7 Å². The van der Waals surface area contributed by atoms with E-state index in [1.807, 2.05) is 45.0 Å². The van der Waals surface area contributed by atoms with Crippen molar-refractivity contribution in [2.75, 3.05) is 18.4 Å². The summed E-state index contributed by atoms with van der Waals surface area (Å²) in [5.41, 5.74) is -1.44. The highest BCUT2D eigenvalue weighted by Gasteiger charge is 2.48. The Morgan fingerprint density at radius 2 is 1.65 bits per heavy atom. The number of hydrogen-bond acceptors (Lipinski definition) is 7. The molecule has 3 heterocycles. The van der Waals surface area contributed by atoms with E-state index >= 15 is 0 Å². The van der Waals surface area contributed by atoms with Crippen LogP contribution in [0.2, 0.25) is 0 Å². The third-order valence-electron chi connectivity index (χ3n) is 9.02. The lowest BCUT2D eigenvalue weighted by molar-refractivity contribution is -0.141. The lowest BCUT2D eigenvalue weighted by atomic mass is 9.61. The van der Waals surface area contributed by atoms with Crippen molar-refractivity contribution in [3.63, 3.8) is 0 Å². The Morgan fingerprint density at radius 1 is 0.980 bits per heavy atom. The lowest BCUT2D eigenvalue weighted by Gasteiger charge is -2.51. The maximum absolute atomic E-state index is 13.2. The molecule has 6 rings (SSSR count). The first-order valence-corrected chi connectivity index (χ1v) is 16.2. The zero-order valence-electron chi connectivity index (χ0n) is 28.1. The molecule has 0 atom stereocenters. The number of aromatic nitrogens is 3. The molecule has 1 aliphatic carbocycles. The molecule has 49 heavy (non-hydrogen) atoms. The van der Waals surface area contributed by atoms with Crippen LogP contribution in [0.15, 0.2) is 60.8 Å². The van der Waals surface area contributed by atoms with Crippen molar-refractivity contribution >= 4 is 28.6 Å². The number of amides is 2. The van der Waals surface area contributed by atoms with Crippen LogP contribution in [0.1, 0.15) is 82.0 Å². The number of rotatable bonds is 6. The standard InChI is InChI=1S/C36H40F3N5O5/c1-33(2,3)49-32(46)43-15-13-35(14-16-43)19-25(20-35)48-24-11-9-23(10-12-24)44-21-22-17-29(26(34(4,5)47)18-28(22)42-44)41-31(45)27-7-6-8-30(40-27)36(37,38)39/h6-12,17-18,21,25,47H,13-16,19-20H2,1-5H3,(H,41,45). The summed E-state index contributed by atoms with van der Waals surface area (Å²) >= 11 is 0. The van der Waals surface area contributed by atoms with E-state index in [4.69, 9.17) is 9.47 Å². The van der Waals surface area contributed by atoms with Crippen molar-refractivity contribution < 1.29 is 37.3 Å². The average Bonchev–Trinajstić information content (AvgIpc) is 3.42. The second-order valence-corrected chi connectivity index (χ2v) is 14.6. The normalized spacial score (nSPS) is 16.8. The molecule has 2 aromatic heterocycles. The second kappa shape index (κ2) is 12.3. The van der Waals surface area contributed by atoms with E-state index in [-0.39, 0.29) is 23.3 Å². The van der Waals surface area contributed by atoms with Gasteiger partial charge in [-0.2, -0.15) is 18.3 Å². The number of alkyl halides is 3. The summed E-state index contributed by atoms with van der Waals surface area (Å²) in [5, 5.41) is 18.8. The van der Waals surface area contributed by atoms with E-state index < -0.39 is 34.7 Å². The largest absolute Gasteiger partial charge is 0.490 e. The number of hydrogen-bond donors (Lipinski definition) is 2. The van der Waals surface area contributed by atoms with Gasteiger partial charge in [0.15, 0.2) is 0 Å². The third-order valence-corrected chi connectivity index (χ3v) is 9.02. The molecule has 260 valence electrons. The van der Waals surface area contributed by atoms with Crippen molar-refractivity contribution in [2.24, 2.45) is 5.41 Å². The number of likely N-dealkylation sites (tertiary alicyclic amines) is 1. The molecule has 13 heteroatoms. The van der Waals surface area contributed by atoms with Crippen LogP contribution in [0.25, 0.3) is 16.6 Å². The molecule has 1 saturated carbocycles. The number of carbonyl (C=O) groups is 2. The maximum atomic E-state index is 13.2. The lowest BCUT2D eigenvalue weighted by Crippen LogP contribution is -2.52. The Kier molecular flexibility index (Phi) is 8.62. The molecule has 0 radical (unpaired) electrons. The van der Waals surface area contributed by atoms with Crippen LogP contribution in [-0.4, -0.2) is 61.6 Å². The van der Waals surface area contributed by atoms with Gasteiger partial charge in [0.25, 0.3) is 5.91 Å². The fourth-order valence-corrected chi connectivity index (χ4v) is 6.48. The molecule has 2 amide bonds. The highest BCUT2D eigenvalue weighted by molar-refractivity contribution is 6.04. The Morgan fingerprint density at radius 3 is 2.27 bits per heavy atom. The number of pyridine rings is 1. The summed E-state index contributed by atoms with van der Waals surface area (Å²) < 4.78 is 53.0. The van der Waals surface area contributed by atoms with Gasteiger partial charge >= 0.3 is 12.3 Å². The minimum absolute atomic E-state index is 0.103. The Labute approximate surface area is 282 Å². The molecule has 2 N–H and O–H groups in total. The van der Waals surface area contributed by atoms with Gasteiger partial charge in [-0.15, -0.1) is 0 Å². The van der Waals surface area contributed by atoms with Crippen LogP contribution in [0, 0.1) is 5.41 Å². The van der Waals surface area contributed by atoms with Crippen molar-refractivity contribution in [2.45, 2.75) is 83.8 Å². The topological polar surface area (TPSA) is 119 Å². The van der Waals surface area contributed by atoms with E-state index in [0.717, 1.165) is 49.3 Å². The number of fused-ring (bicyclic) bond motifs is 1. The van der Waals surface area contributed by atoms with Crippen LogP contribution < -0.4 is 10.1 Å². The summed E-state index contributed by atoms with van der Waals surface area (Å²) in [6, 6.07) is 13.9. The summed E-state index contributed by atoms with van der Waals surface area (Å²) in [4.78, 5) is 30.7. The molecular weight excluding hydrogens is 639 g/mol. The monoisotopic (exact) mass is 679 g/mol. The number of benzene rings is 2. The molecule has 1 spiro atoms. The molecule has 2 fully saturated rings. The molecule has 1 aliphatic heterocycles. The number of piperidine rings is 1. The van der Waals surface area contributed by atoms with Crippen molar-refractivity contribution in [1.29, 1.82) is 0 Å². The molecule has 2 aromatic carbocycles. The SMILES string of the molecule is CC(C)(C)OC(=O)N1CCC2(CC1)CC(Oc1ccc(-n3cc4cc(NC(=O)c5cccc(C(F)(F)F)n5)c(C(C)(C)O)cc4n3)cc1)C2. The van der Waals surface area contributed by atoms with Crippen LogP contribution in [-0.2, 0) is 16.5 Å². The number of ether oxygens (including phenoxy) is 2. The summed E-state index contributed by atoms with van der Waals surface area (Å²) in [6.45, 7) is 10.1. The van der Waals surface area contributed by atoms with Gasteiger partial charge in [-0.1, -0.05) is 6.07 Å². The van der Waals surface area contributed by atoms with Crippen molar-refractivity contribution in [3.05, 3.63) is 77.7 Å². The van der Waals surface area contributed by atoms with Gasteiger partial charge < -0.3 is 24.8 Å². The molecular formula is C36H40F3N5O5. The Bertz CT molecular complexity index is 1860. The first-order chi connectivity index (χ1) is 22.9. The van der Waals surface area contributed by atoms with Crippen LogP contribution in [0.5, 0.6) is 5.75 Å². The molecule has 0 unspecified atom stereocenters. The van der Waals surface area contributed by atoms with Crippen LogP contribution >= 0.6 is 0 Å². The van der Waals surface area contributed by atoms with Gasteiger partial charge in [-0.05, 0) is 114 Å². The first kappa shape index (κ1) is 34.2. The highest BCUT2D eigenvalue weighted by Crippen LogP contribution is 2.50. The number of aliphatic hydroxyl groups is 1. The molecule has 4 aromatic rings. The Hall–Kier alpha value is -4.65. The number of anilines is 1. The van der Waals surface area contributed by atoms with E-state index in [0.29, 0.717) is 29.6 Å². The fourth-order valence-electron chi connectivity index (χ4n) is 6.48. The number of halogens is 3. The molecule has 10 nitrogen and oxygen atoms in total. The zero-order chi connectivity index (χ0) is 35.4. The summed E-state index contributed by atoms with van der Waals surface area (Å²) in [7, 11) is 0. The third kappa shape index (κ3) is 7.66. The summed E-state index contributed by atoms with van der Waals surface area (Å²) in [6.07, 6.45) is 0.651. The Balaban J connectivity index is 1.11. The fraction of sp³-hybridized carbons (Fsp3) is 0.444. The smallest absolute Gasteiger partial charge is 0.433 e. The van der Waals surface area contributed by atoms with Crippen LogP contribution in [0.4, 0.5) is 23.7 Å². The highest BCUT2D eigenvalue weighted by atomic mass is 19.4. The van der Waals surface area contributed by atoms with E-state index in [1.165, 1.54) is 6.07 Å².